The van der Waals surface area contributed by atoms with E-state index in [1.165, 1.54) is 0 Å². The molecular formula is C10HF19. The van der Waals surface area contributed by atoms with E-state index in [4.69, 9.17) is 0 Å². The molecule has 0 aliphatic rings. The topological polar surface area (TPSA) is 0 Å². The maximum Gasteiger partial charge on any atom is 0.385 e. The summed E-state index contributed by atoms with van der Waals surface area (Å²) < 4.78 is 239. The van der Waals surface area contributed by atoms with Crippen molar-refractivity contribution in [3.63, 3.8) is 0 Å². The minimum atomic E-state index is -8.76. The number of hydrogen-bond acceptors (Lipinski definition) is 0. The Hall–Kier alpha value is -1.59. The van der Waals surface area contributed by atoms with Crippen LogP contribution in [0.2, 0.25) is 0 Å². The molecule has 0 saturated carbocycles. The summed E-state index contributed by atoms with van der Waals surface area (Å²) in [5.74, 6) is -63.1. The summed E-state index contributed by atoms with van der Waals surface area (Å²) >= 11 is 0. The van der Waals surface area contributed by atoms with Gasteiger partial charge in [0.1, 0.15) is 0 Å². The van der Waals surface area contributed by atoms with Crippen LogP contribution in [0.3, 0.4) is 0 Å². The molecule has 0 fully saturated rings. The van der Waals surface area contributed by atoms with Gasteiger partial charge in [0.25, 0.3) is 0 Å². The fraction of sp³-hybridized carbons (Fsp3) is 0.800. The van der Waals surface area contributed by atoms with Crippen LogP contribution in [0, 0.1) is 0 Å². The third-order valence-corrected chi connectivity index (χ3v) is 3.11. The van der Waals surface area contributed by atoms with E-state index >= 15 is 0 Å². The molecule has 0 aliphatic carbocycles. The number of allylic oxidation sites excluding steroid dienone is 1. The van der Waals surface area contributed by atoms with Gasteiger partial charge < -0.3 is 0 Å². The Morgan fingerprint density at radius 3 is 1.00 bits per heavy atom. The van der Waals surface area contributed by atoms with Gasteiger partial charge in [0, 0.05) is 0 Å². The van der Waals surface area contributed by atoms with E-state index in [9.17, 15) is 83.4 Å². The van der Waals surface area contributed by atoms with E-state index in [-0.39, 0.29) is 0 Å². The highest BCUT2D eigenvalue weighted by Crippen LogP contribution is 2.63. The fourth-order valence-electron chi connectivity index (χ4n) is 1.39. The maximum atomic E-state index is 13.1. The van der Waals surface area contributed by atoms with E-state index < -0.39 is 59.8 Å². The van der Waals surface area contributed by atoms with Gasteiger partial charge in [0.2, 0.25) is 5.83 Å². The smallest absolute Gasteiger partial charge is 0.203 e. The highest BCUT2D eigenvalue weighted by Gasteiger charge is 2.94. The summed E-state index contributed by atoms with van der Waals surface area (Å²) in [5.41, 5.74) is 0. The molecule has 0 bridgehead atoms. The van der Waals surface area contributed by atoms with Gasteiger partial charge in [-0.2, -0.15) is 74.6 Å². The third-order valence-electron chi connectivity index (χ3n) is 3.11. The zero-order valence-electron chi connectivity index (χ0n) is 12.3. The minimum absolute atomic E-state index is 4.57. The molecule has 0 aromatic rings. The third kappa shape index (κ3) is 3.36. The Morgan fingerprint density at radius 2 is 0.724 bits per heavy atom. The molecule has 0 nitrogen and oxygen atoms in total. The fourth-order valence-corrected chi connectivity index (χ4v) is 1.39. The molecule has 0 aromatic carbocycles. The summed E-state index contributed by atoms with van der Waals surface area (Å²) in [5, 5.41) is 0. The lowest BCUT2D eigenvalue weighted by Crippen LogP contribution is -2.73. The minimum Gasteiger partial charge on any atom is -0.203 e. The molecule has 0 aromatic heterocycles. The quantitative estimate of drug-likeness (QED) is 0.335. The van der Waals surface area contributed by atoms with Crippen LogP contribution in [0.4, 0.5) is 83.4 Å². The molecule has 0 atom stereocenters. The molecule has 0 radical (unpaired) electrons. The molecule has 0 heterocycles. The average Bonchev–Trinajstić information content (AvgIpc) is 2.52. The number of rotatable bonds is 8. The summed E-state index contributed by atoms with van der Waals surface area (Å²) in [6, 6.07) is 0. The van der Waals surface area contributed by atoms with Crippen LogP contribution in [0.5, 0.6) is 0 Å². The van der Waals surface area contributed by atoms with Crippen molar-refractivity contribution in [3.05, 3.63) is 11.9 Å². The van der Waals surface area contributed by atoms with E-state index in [0.29, 0.717) is 0 Å². The van der Waals surface area contributed by atoms with Crippen molar-refractivity contribution in [3.8, 4) is 0 Å². The molecule has 0 saturated heterocycles. The molecule has 0 aliphatic heterocycles. The van der Waals surface area contributed by atoms with E-state index in [1.54, 1.807) is 0 Å². The molecule has 0 unspecified atom stereocenters. The zero-order valence-corrected chi connectivity index (χ0v) is 12.3. The lowest BCUT2D eigenvalue weighted by molar-refractivity contribution is -0.445. The lowest BCUT2D eigenvalue weighted by Gasteiger charge is -2.42. The van der Waals surface area contributed by atoms with E-state index in [0.717, 1.165) is 0 Å². The van der Waals surface area contributed by atoms with Gasteiger partial charge in [-0.05, 0) is 0 Å². The van der Waals surface area contributed by atoms with Gasteiger partial charge in [0.05, 0.1) is 0 Å². The van der Waals surface area contributed by atoms with Crippen molar-refractivity contribution in [1.29, 1.82) is 0 Å². The van der Waals surface area contributed by atoms with Crippen LogP contribution in [0.25, 0.3) is 0 Å². The van der Waals surface area contributed by atoms with Gasteiger partial charge in [-0.1, -0.05) is 0 Å². The largest absolute Gasteiger partial charge is 0.385 e. The van der Waals surface area contributed by atoms with Crippen LogP contribution in [0.1, 0.15) is 0 Å². The molecular weight excluding hydrogens is 481 g/mol. The Balaban J connectivity index is 6.80. The van der Waals surface area contributed by atoms with Crippen molar-refractivity contribution in [2.45, 2.75) is 47.9 Å². The van der Waals surface area contributed by atoms with Crippen LogP contribution in [0.15, 0.2) is 11.9 Å². The number of halogens is 19. The van der Waals surface area contributed by atoms with Gasteiger partial charge in [-0.15, -0.1) is 0 Å². The highest BCUT2D eigenvalue weighted by molar-refractivity contribution is 5.20. The van der Waals surface area contributed by atoms with Gasteiger partial charge >= 0.3 is 54.0 Å². The first-order chi connectivity index (χ1) is 12.3. The molecule has 0 N–H and O–H groups in total. The predicted molar refractivity (Wildman–Crippen MR) is 51.0 cm³/mol. The molecule has 29 heavy (non-hydrogen) atoms. The first-order valence-electron chi connectivity index (χ1n) is 5.94. The second kappa shape index (κ2) is 6.98. The second-order valence-corrected chi connectivity index (χ2v) is 4.94. The van der Waals surface area contributed by atoms with Crippen molar-refractivity contribution >= 4 is 0 Å². The van der Waals surface area contributed by atoms with Crippen molar-refractivity contribution in [2.75, 3.05) is 0 Å². The predicted octanol–water partition coefficient (Wildman–Crippen LogP) is 6.78. The van der Waals surface area contributed by atoms with Crippen LogP contribution in [-0.4, -0.2) is 47.9 Å². The van der Waals surface area contributed by atoms with Gasteiger partial charge in [-0.25, -0.2) is 8.78 Å². The Bertz CT molecular complexity index is 635. The second-order valence-electron chi connectivity index (χ2n) is 4.94. The molecule has 19 heteroatoms. The molecule has 0 rings (SSSR count). The summed E-state index contributed by atoms with van der Waals surface area (Å²) in [7, 11) is 0. The first kappa shape index (κ1) is 27.4. The summed E-state index contributed by atoms with van der Waals surface area (Å²) in [6.07, 6.45) is -10.6. The Kier molecular flexibility index (Phi) is 6.60. The monoisotopic (exact) mass is 482 g/mol. The lowest BCUT2D eigenvalue weighted by atomic mass is 9.89. The van der Waals surface area contributed by atoms with Crippen molar-refractivity contribution in [2.24, 2.45) is 0 Å². The number of alkyl halides is 16. The Labute approximate surface area is 144 Å². The summed E-state index contributed by atoms with van der Waals surface area (Å²) in [4.78, 5) is 0. The number of hydrogen-bond donors (Lipinski definition) is 0. The molecule has 174 valence electrons. The zero-order chi connectivity index (χ0) is 24.2. The van der Waals surface area contributed by atoms with E-state index in [2.05, 4.69) is 0 Å². The standard InChI is InChI=1S/C10HF19/c11-1(2(12)13)4(16,17)6(20,21)8(24,25)10(28,29)9(26,27)7(22,23)5(18,19)3(14)15/h3H. The van der Waals surface area contributed by atoms with Crippen molar-refractivity contribution < 1.29 is 83.4 Å². The van der Waals surface area contributed by atoms with Crippen LogP contribution >= 0.6 is 0 Å². The summed E-state index contributed by atoms with van der Waals surface area (Å²) in [6.45, 7) is 0. The van der Waals surface area contributed by atoms with Crippen LogP contribution in [-0.2, 0) is 0 Å². The maximum absolute atomic E-state index is 13.1. The van der Waals surface area contributed by atoms with Crippen LogP contribution < -0.4 is 0 Å². The van der Waals surface area contributed by atoms with Crippen molar-refractivity contribution in [1.82, 2.24) is 0 Å². The first-order valence-corrected chi connectivity index (χ1v) is 5.94. The Morgan fingerprint density at radius 1 is 0.448 bits per heavy atom. The highest BCUT2D eigenvalue weighted by atomic mass is 19.4. The van der Waals surface area contributed by atoms with E-state index in [1.807, 2.05) is 0 Å². The normalized spacial score (nSPS) is 15.7. The molecule has 0 amide bonds. The van der Waals surface area contributed by atoms with Gasteiger partial charge in [-0.3, -0.25) is 0 Å². The average molecular weight is 482 g/mol. The molecule has 0 spiro atoms. The van der Waals surface area contributed by atoms with Gasteiger partial charge in [0.15, 0.2) is 0 Å². The SMILES string of the molecule is FC(F)=C(F)C(F)(F)C(F)(F)C(F)(F)C(F)(F)C(F)(F)C(F)(F)C(F)(F)C(F)F.